The first-order valence-electron chi connectivity index (χ1n) is 12.1. The van der Waals surface area contributed by atoms with Gasteiger partial charge in [0.2, 0.25) is 0 Å². The lowest BCUT2D eigenvalue weighted by Gasteiger charge is -2.37. The summed E-state index contributed by atoms with van der Waals surface area (Å²) in [5, 5.41) is 1.82. The largest absolute Gasteiger partial charge is 0.352 e. The van der Waals surface area contributed by atoms with E-state index in [-0.39, 0.29) is 22.9 Å². The number of carbonyl (C=O) groups is 3. The molecule has 3 aromatic carbocycles. The van der Waals surface area contributed by atoms with Gasteiger partial charge in [-0.15, -0.1) is 11.3 Å². The molecule has 0 radical (unpaired) electrons. The van der Waals surface area contributed by atoms with Crippen molar-refractivity contribution in [3.05, 3.63) is 129 Å². The molecule has 0 saturated carbocycles. The van der Waals surface area contributed by atoms with Gasteiger partial charge in [0.1, 0.15) is 17.3 Å². The van der Waals surface area contributed by atoms with E-state index in [1.807, 2.05) is 46.7 Å². The molecule has 1 aliphatic carbocycles. The number of ketones is 3. The molecular weight excluding hydrogens is 485 g/mol. The number of rotatable bonds is 3. The Morgan fingerprint density at radius 3 is 2.22 bits per heavy atom. The highest BCUT2D eigenvalue weighted by Crippen LogP contribution is 2.61. The van der Waals surface area contributed by atoms with Crippen LogP contribution in [0.2, 0.25) is 0 Å². The Labute approximate surface area is 216 Å². The summed E-state index contributed by atoms with van der Waals surface area (Å²) in [6, 6.07) is 22.4. The van der Waals surface area contributed by atoms with Crippen LogP contribution in [-0.2, 0) is 0 Å². The first-order chi connectivity index (χ1) is 18.0. The van der Waals surface area contributed by atoms with Crippen molar-refractivity contribution in [1.82, 2.24) is 0 Å². The molecule has 37 heavy (non-hydrogen) atoms. The fourth-order valence-electron chi connectivity index (χ4n) is 6.55. The van der Waals surface area contributed by atoms with Gasteiger partial charge < -0.3 is 4.90 Å². The molecule has 4 aromatic rings. The lowest BCUT2D eigenvalue weighted by Crippen LogP contribution is -2.48. The highest BCUT2D eigenvalue weighted by Gasteiger charge is 2.71. The van der Waals surface area contributed by atoms with Crippen LogP contribution in [0.4, 0.5) is 10.1 Å². The Hall–Kier alpha value is -4.16. The summed E-state index contributed by atoms with van der Waals surface area (Å²) in [7, 11) is 0. The van der Waals surface area contributed by atoms with Crippen molar-refractivity contribution in [3.8, 4) is 0 Å². The zero-order valence-corrected chi connectivity index (χ0v) is 20.3. The number of halogens is 1. The maximum absolute atomic E-state index is 15.6. The van der Waals surface area contributed by atoms with Gasteiger partial charge in [0.15, 0.2) is 17.3 Å². The first-order valence-corrected chi connectivity index (χ1v) is 13.0. The van der Waals surface area contributed by atoms with E-state index in [0.29, 0.717) is 16.0 Å². The molecule has 3 atom stereocenters. The van der Waals surface area contributed by atoms with E-state index < -0.39 is 29.2 Å². The van der Waals surface area contributed by atoms with Gasteiger partial charge in [-0.1, -0.05) is 78.9 Å². The second-order valence-corrected chi connectivity index (χ2v) is 10.6. The van der Waals surface area contributed by atoms with Gasteiger partial charge in [0.05, 0.1) is 10.9 Å². The van der Waals surface area contributed by atoms with Crippen LogP contribution in [0.5, 0.6) is 0 Å². The van der Waals surface area contributed by atoms with Crippen LogP contribution in [-0.4, -0.2) is 29.4 Å². The number of nitrogens with zero attached hydrogens (tertiary/aromatic N) is 1. The van der Waals surface area contributed by atoms with Gasteiger partial charge in [-0.25, -0.2) is 4.39 Å². The summed E-state index contributed by atoms with van der Waals surface area (Å²) in [6.45, 7) is 0. The van der Waals surface area contributed by atoms with E-state index in [1.165, 1.54) is 17.4 Å². The van der Waals surface area contributed by atoms with E-state index in [0.717, 1.165) is 11.3 Å². The van der Waals surface area contributed by atoms with Crippen LogP contribution in [0.1, 0.15) is 47.4 Å². The SMILES string of the molecule is O=C(c1cccs1)[C@H]1[C@H](c2ccccc2F)C2(C(=O)c3ccccc3C2=O)C2C=Cc3ccccc3N21. The van der Waals surface area contributed by atoms with Crippen molar-refractivity contribution in [2.75, 3.05) is 4.90 Å². The number of carbonyl (C=O) groups excluding carboxylic acids is 3. The lowest BCUT2D eigenvalue weighted by atomic mass is 9.64. The van der Waals surface area contributed by atoms with Crippen molar-refractivity contribution in [2.24, 2.45) is 5.41 Å². The van der Waals surface area contributed by atoms with E-state index in [9.17, 15) is 14.4 Å². The summed E-state index contributed by atoms with van der Waals surface area (Å²) in [6.07, 6.45) is 3.75. The second kappa shape index (κ2) is 7.92. The molecule has 0 N–H and O–H groups in total. The minimum absolute atomic E-state index is 0.201. The van der Waals surface area contributed by atoms with Crippen molar-refractivity contribution < 1.29 is 18.8 Å². The minimum Gasteiger partial charge on any atom is -0.352 e. The molecule has 6 heteroatoms. The standard InChI is InChI=1S/C31H20FNO3S/c32-22-12-5-4-11-21(22)26-27(28(34)24-14-7-17-37-24)33-23-13-6-1-8-18(23)15-16-25(33)31(26)29(35)19-9-2-3-10-20(19)30(31)36/h1-17,25-27H/t25?,26-,27+/m0/s1. The molecule has 0 amide bonds. The normalized spacial score (nSPS) is 22.7. The Balaban J connectivity index is 1.58. The number of fused-ring (bicyclic) bond motifs is 5. The lowest BCUT2D eigenvalue weighted by molar-refractivity contribution is 0.0664. The zero-order valence-electron chi connectivity index (χ0n) is 19.5. The van der Waals surface area contributed by atoms with Crippen molar-refractivity contribution >= 4 is 40.4 Å². The summed E-state index contributed by atoms with van der Waals surface area (Å²) in [5.41, 5.74) is 0.790. The van der Waals surface area contributed by atoms with Crippen LogP contribution in [0.15, 0.2) is 96.4 Å². The van der Waals surface area contributed by atoms with Gasteiger partial charge in [0, 0.05) is 22.7 Å². The highest BCUT2D eigenvalue weighted by atomic mass is 32.1. The molecule has 180 valence electrons. The van der Waals surface area contributed by atoms with Crippen LogP contribution in [0, 0.1) is 11.2 Å². The number of anilines is 1. The van der Waals surface area contributed by atoms with Gasteiger partial charge in [-0.3, -0.25) is 14.4 Å². The maximum Gasteiger partial charge on any atom is 0.195 e. The third kappa shape index (κ3) is 2.79. The molecule has 3 aliphatic rings. The van der Waals surface area contributed by atoms with Gasteiger partial charge >= 0.3 is 0 Å². The number of Topliss-reactive ketones (excluding diaryl/α,β-unsaturated/α-hetero) is 3. The average molecular weight is 506 g/mol. The Morgan fingerprint density at radius 1 is 0.838 bits per heavy atom. The third-order valence-corrected chi connectivity index (χ3v) is 8.87. The molecule has 1 fully saturated rings. The number of benzene rings is 3. The van der Waals surface area contributed by atoms with E-state index in [1.54, 1.807) is 54.6 Å². The molecule has 1 saturated heterocycles. The smallest absolute Gasteiger partial charge is 0.195 e. The van der Waals surface area contributed by atoms with E-state index in [2.05, 4.69) is 0 Å². The second-order valence-electron chi connectivity index (χ2n) is 9.63. The predicted octanol–water partition coefficient (Wildman–Crippen LogP) is 6.20. The number of thiophene rings is 1. The summed E-state index contributed by atoms with van der Waals surface area (Å²) >= 11 is 1.30. The molecule has 1 aromatic heterocycles. The Kier molecular flexibility index (Phi) is 4.72. The molecule has 4 nitrogen and oxygen atoms in total. The Morgan fingerprint density at radius 2 is 1.51 bits per heavy atom. The highest BCUT2D eigenvalue weighted by molar-refractivity contribution is 7.12. The molecule has 1 unspecified atom stereocenters. The summed E-state index contributed by atoms with van der Waals surface area (Å²) in [5.74, 6) is -2.52. The minimum atomic E-state index is -1.69. The fourth-order valence-corrected chi connectivity index (χ4v) is 7.25. The predicted molar refractivity (Wildman–Crippen MR) is 141 cm³/mol. The number of hydrogen-bond acceptors (Lipinski definition) is 5. The maximum atomic E-state index is 15.6. The molecule has 2 aliphatic heterocycles. The zero-order chi connectivity index (χ0) is 25.3. The molecular formula is C31H20FNO3S. The summed E-state index contributed by atoms with van der Waals surface area (Å²) < 4.78 is 15.6. The van der Waals surface area contributed by atoms with Crippen molar-refractivity contribution in [1.29, 1.82) is 0 Å². The molecule has 3 heterocycles. The monoisotopic (exact) mass is 505 g/mol. The number of hydrogen-bond donors (Lipinski definition) is 0. The van der Waals surface area contributed by atoms with Gasteiger partial charge in [-0.2, -0.15) is 0 Å². The number of para-hydroxylation sites is 1. The van der Waals surface area contributed by atoms with Crippen LogP contribution >= 0.6 is 11.3 Å². The fraction of sp³-hybridized carbons (Fsp3) is 0.129. The first kappa shape index (κ1) is 22.1. The Bertz CT molecular complexity index is 1600. The quantitative estimate of drug-likeness (QED) is 0.246. The third-order valence-electron chi connectivity index (χ3n) is 7.99. The van der Waals surface area contributed by atoms with Crippen LogP contribution in [0.3, 0.4) is 0 Å². The van der Waals surface area contributed by atoms with Gasteiger partial charge in [0.25, 0.3) is 0 Å². The van der Waals surface area contributed by atoms with Crippen molar-refractivity contribution in [2.45, 2.75) is 18.0 Å². The van der Waals surface area contributed by atoms with E-state index in [4.69, 9.17) is 0 Å². The molecule has 0 bridgehead atoms. The molecule has 7 rings (SSSR count). The topological polar surface area (TPSA) is 54.5 Å². The van der Waals surface area contributed by atoms with E-state index >= 15 is 4.39 Å². The average Bonchev–Trinajstić information content (AvgIpc) is 3.62. The van der Waals surface area contributed by atoms with Gasteiger partial charge in [-0.05, 0) is 34.7 Å². The van der Waals surface area contributed by atoms with Crippen LogP contribution < -0.4 is 4.90 Å². The molecule has 1 spiro atoms. The summed E-state index contributed by atoms with van der Waals surface area (Å²) in [4.78, 5) is 45.6. The van der Waals surface area contributed by atoms with Crippen LogP contribution in [0.25, 0.3) is 6.08 Å². The van der Waals surface area contributed by atoms with Crippen molar-refractivity contribution in [3.63, 3.8) is 0 Å².